The van der Waals surface area contributed by atoms with Crippen LogP contribution in [-0.2, 0) is 17.8 Å². The Bertz CT molecular complexity index is 924. The number of benzene rings is 2. The van der Waals surface area contributed by atoms with Gasteiger partial charge in [-0.15, -0.1) is 0 Å². The van der Waals surface area contributed by atoms with Crippen LogP contribution in [0.1, 0.15) is 35.6 Å². The molecule has 3 nitrogen and oxygen atoms in total. The number of nitrogens with one attached hydrogen (secondary N) is 1. The highest BCUT2D eigenvalue weighted by Crippen LogP contribution is 2.34. The molecular formula is C23H23F2NO2. The Morgan fingerprint density at radius 1 is 1.21 bits per heavy atom. The van der Waals surface area contributed by atoms with Gasteiger partial charge in [0.2, 0.25) is 0 Å². The summed E-state index contributed by atoms with van der Waals surface area (Å²) in [5.74, 6) is -1.85. The minimum absolute atomic E-state index is 0.0249. The van der Waals surface area contributed by atoms with Gasteiger partial charge in [-0.05, 0) is 66.8 Å². The number of halogens is 2. The quantitative estimate of drug-likeness (QED) is 0.534. The molecule has 0 atom stereocenters. The molecule has 3 rings (SSSR count). The monoisotopic (exact) mass is 383 g/mol. The molecule has 2 N–H and O–H groups in total. The summed E-state index contributed by atoms with van der Waals surface area (Å²) >= 11 is 0. The molecular weight excluding hydrogens is 360 g/mol. The van der Waals surface area contributed by atoms with Crippen LogP contribution >= 0.6 is 0 Å². The summed E-state index contributed by atoms with van der Waals surface area (Å²) in [5.41, 5.74) is 5.46. The molecule has 146 valence electrons. The van der Waals surface area contributed by atoms with Crippen LogP contribution in [0, 0.1) is 11.6 Å². The van der Waals surface area contributed by atoms with Crippen molar-refractivity contribution in [3.05, 3.63) is 81.9 Å². The summed E-state index contributed by atoms with van der Waals surface area (Å²) in [6, 6.07) is 10.7. The van der Waals surface area contributed by atoms with Crippen molar-refractivity contribution in [3.8, 4) is 0 Å². The molecule has 5 heteroatoms. The second-order valence-corrected chi connectivity index (χ2v) is 6.94. The molecule has 0 spiro atoms. The van der Waals surface area contributed by atoms with Gasteiger partial charge < -0.3 is 10.4 Å². The smallest absolute Gasteiger partial charge is 0.181 e. The van der Waals surface area contributed by atoms with Crippen LogP contribution in [0.5, 0.6) is 0 Å². The summed E-state index contributed by atoms with van der Waals surface area (Å²) < 4.78 is 28.5. The molecule has 0 amide bonds. The van der Waals surface area contributed by atoms with Gasteiger partial charge in [-0.3, -0.25) is 4.79 Å². The maximum atomic E-state index is 14.2. The molecule has 2 aromatic carbocycles. The Morgan fingerprint density at radius 3 is 2.64 bits per heavy atom. The van der Waals surface area contributed by atoms with Crippen LogP contribution in [0.4, 0.5) is 8.78 Å². The first-order valence-corrected chi connectivity index (χ1v) is 9.27. The van der Waals surface area contributed by atoms with Crippen LogP contribution < -0.4 is 5.32 Å². The van der Waals surface area contributed by atoms with E-state index in [1.165, 1.54) is 40.5 Å². The zero-order chi connectivity index (χ0) is 20.1. The van der Waals surface area contributed by atoms with E-state index >= 15 is 0 Å². The highest BCUT2D eigenvalue weighted by atomic mass is 19.1. The summed E-state index contributed by atoms with van der Waals surface area (Å²) in [5, 5.41) is 11.8. The number of hydrogen-bond acceptors (Lipinski definition) is 3. The number of allylic oxidation sites excluding steroid dienone is 1. The molecule has 0 saturated carbocycles. The lowest BCUT2D eigenvalue weighted by molar-refractivity contribution is -0.117. The molecule has 0 aromatic heterocycles. The van der Waals surface area contributed by atoms with Crippen molar-refractivity contribution in [1.29, 1.82) is 0 Å². The molecule has 0 saturated heterocycles. The van der Waals surface area contributed by atoms with E-state index in [0.717, 1.165) is 18.9 Å². The third-order valence-corrected chi connectivity index (χ3v) is 4.95. The van der Waals surface area contributed by atoms with Gasteiger partial charge >= 0.3 is 0 Å². The molecule has 1 aliphatic rings. The van der Waals surface area contributed by atoms with Gasteiger partial charge in [-0.2, -0.15) is 0 Å². The summed E-state index contributed by atoms with van der Waals surface area (Å²) in [6.45, 7) is 2.20. The van der Waals surface area contributed by atoms with Crippen molar-refractivity contribution >= 4 is 17.4 Å². The third-order valence-electron chi connectivity index (χ3n) is 4.95. The Hall–Kier alpha value is -2.63. The fraction of sp³-hybridized carbons (Fsp3) is 0.261. The van der Waals surface area contributed by atoms with Gasteiger partial charge in [0, 0.05) is 12.1 Å². The molecule has 0 aliphatic heterocycles. The third kappa shape index (κ3) is 4.61. The van der Waals surface area contributed by atoms with Gasteiger partial charge in [0.15, 0.2) is 5.78 Å². The Kier molecular flexibility index (Phi) is 6.49. The fourth-order valence-electron chi connectivity index (χ4n) is 3.50. The number of carbonyl (C=O) groups excluding carboxylic acids is 1. The summed E-state index contributed by atoms with van der Waals surface area (Å²) in [6.07, 6.45) is 4.15. The highest BCUT2D eigenvalue weighted by Gasteiger charge is 2.17. The van der Waals surface area contributed by atoms with Gasteiger partial charge in [0.25, 0.3) is 0 Å². The summed E-state index contributed by atoms with van der Waals surface area (Å²) in [7, 11) is 0. The minimum atomic E-state index is -0.662. The largest absolute Gasteiger partial charge is 0.388 e. The van der Waals surface area contributed by atoms with Crippen molar-refractivity contribution < 1.29 is 18.7 Å². The zero-order valence-corrected chi connectivity index (χ0v) is 15.8. The molecule has 2 aromatic rings. The average molecular weight is 383 g/mol. The summed E-state index contributed by atoms with van der Waals surface area (Å²) in [4.78, 5) is 11.1. The molecule has 0 bridgehead atoms. The van der Waals surface area contributed by atoms with Crippen LogP contribution in [0.3, 0.4) is 0 Å². The van der Waals surface area contributed by atoms with Crippen molar-refractivity contribution in [3.63, 3.8) is 0 Å². The predicted molar refractivity (Wildman–Crippen MR) is 107 cm³/mol. The first-order chi connectivity index (χ1) is 13.5. The van der Waals surface area contributed by atoms with E-state index in [0.29, 0.717) is 6.54 Å². The minimum Gasteiger partial charge on any atom is -0.388 e. The highest BCUT2D eigenvalue weighted by molar-refractivity contribution is 5.94. The number of aliphatic hydroxyl groups is 1. The number of rotatable bonds is 8. The maximum absolute atomic E-state index is 14.2. The van der Waals surface area contributed by atoms with Gasteiger partial charge in [0.05, 0.1) is 0 Å². The lowest BCUT2D eigenvalue weighted by atomic mass is 10.0. The lowest BCUT2D eigenvalue weighted by Gasteiger charge is -2.10. The van der Waals surface area contributed by atoms with E-state index < -0.39 is 24.0 Å². The van der Waals surface area contributed by atoms with Crippen LogP contribution in [-0.4, -0.2) is 24.0 Å². The van der Waals surface area contributed by atoms with Gasteiger partial charge in [-0.25, -0.2) is 8.78 Å². The molecule has 0 radical (unpaired) electrons. The Labute approximate surface area is 163 Å². The molecule has 1 aliphatic carbocycles. The molecule has 0 heterocycles. The van der Waals surface area contributed by atoms with Gasteiger partial charge in [0.1, 0.15) is 18.2 Å². The zero-order valence-electron chi connectivity index (χ0n) is 15.8. The predicted octanol–water partition coefficient (Wildman–Crippen LogP) is 4.05. The van der Waals surface area contributed by atoms with E-state index in [1.807, 2.05) is 12.1 Å². The number of ketones is 1. The SMILES string of the molecule is CC1=C(CCNCc2c(F)cc(/C=C/C(=O)CO)cc2F)c2ccccc2C1. The van der Waals surface area contributed by atoms with Crippen LogP contribution in [0.25, 0.3) is 11.6 Å². The van der Waals surface area contributed by atoms with E-state index in [1.54, 1.807) is 0 Å². The number of fused-ring (bicyclic) bond motifs is 1. The van der Waals surface area contributed by atoms with E-state index in [2.05, 4.69) is 24.4 Å². The first-order valence-electron chi connectivity index (χ1n) is 9.27. The van der Waals surface area contributed by atoms with E-state index in [-0.39, 0.29) is 17.7 Å². The van der Waals surface area contributed by atoms with Gasteiger partial charge in [-0.1, -0.05) is 35.9 Å². The lowest BCUT2D eigenvalue weighted by Crippen LogP contribution is -2.17. The molecule has 0 unspecified atom stereocenters. The number of aliphatic hydroxyl groups excluding tert-OH is 1. The maximum Gasteiger partial charge on any atom is 0.181 e. The Balaban J connectivity index is 1.59. The second-order valence-electron chi connectivity index (χ2n) is 6.94. The standard InChI is InChI=1S/C23H23F2NO2/c1-15-10-17-4-2-3-5-20(17)19(15)8-9-26-13-21-22(24)11-16(12-23(21)25)6-7-18(28)14-27/h2-7,11-12,26-27H,8-10,13-14H2,1H3/b7-6+. The van der Waals surface area contributed by atoms with E-state index in [4.69, 9.17) is 5.11 Å². The Morgan fingerprint density at radius 2 is 1.93 bits per heavy atom. The first kappa shape index (κ1) is 20.1. The van der Waals surface area contributed by atoms with Crippen molar-refractivity contribution in [2.45, 2.75) is 26.3 Å². The van der Waals surface area contributed by atoms with Crippen LogP contribution in [0.15, 0.2) is 48.0 Å². The molecule has 28 heavy (non-hydrogen) atoms. The topological polar surface area (TPSA) is 49.3 Å². The fourth-order valence-corrected chi connectivity index (χ4v) is 3.50. The number of carbonyl (C=O) groups is 1. The normalized spacial score (nSPS) is 13.4. The van der Waals surface area contributed by atoms with Crippen molar-refractivity contribution in [1.82, 2.24) is 5.32 Å². The van der Waals surface area contributed by atoms with Crippen molar-refractivity contribution in [2.24, 2.45) is 0 Å². The van der Waals surface area contributed by atoms with Crippen molar-refractivity contribution in [2.75, 3.05) is 13.2 Å². The molecule has 0 fully saturated rings. The second kappa shape index (κ2) is 9.04. The van der Waals surface area contributed by atoms with E-state index in [9.17, 15) is 13.6 Å². The number of hydrogen-bond donors (Lipinski definition) is 2. The van der Waals surface area contributed by atoms with Crippen LogP contribution in [0.2, 0.25) is 0 Å². The average Bonchev–Trinajstić information content (AvgIpc) is 3.00.